The number of piperazine rings is 1. The van der Waals surface area contributed by atoms with Crippen molar-refractivity contribution in [3.63, 3.8) is 0 Å². The van der Waals surface area contributed by atoms with Gasteiger partial charge in [-0.15, -0.1) is 0 Å². The van der Waals surface area contributed by atoms with E-state index >= 15 is 0 Å². The number of pyridine rings is 1. The monoisotopic (exact) mass is 629 g/mol. The molecule has 1 N–H and O–H groups in total. The molecule has 1 aliphatic carbocycles. The van der Waals surface area contributed by atoms with Gasteiger partial charge in [-0.3, -0.25) is 9.48 Å². The lowest BCUT2D eigenvalue weighted by Gasteiger charge is -2.32. The Bertz CT molecular complexity index is 1980. The summed E-state index contributed by atoms with van der Waals surface area (Å²) < 4.78 is 30.0. The number of hydrogen-bond acceptors (Lipinski definition) is 10. The van der Waals surface area contributed by atoms with E-state index in [2.05, 4.69) is 67.0 Å². The molecule has 0 radical (unpaired) electrons. The second-order valence-corrected chi connectivity index (χ2v) is 14.0. The number of anilines is 2. The Morgan fingerprint density at radius 2 is 1.76 bits per heavy atom. The number of amides is 1. The second-order valence-electron chi connectivity index (χ2n) is 12.0. The van der Waals surface area contributed by atoms with Crippen LogP contribution in [-0.4, -0.2) is 101 Å². The van der Waals surface area contributed by atoms with Crippen molar-refractivity contribution in [1.82, 2.24) is 48.3 Å². The first-order chi connectivity index (χ1) is 21.7. The molecule has 15 heteroatoms. The summed E-state index contributed by atoms with van der Waals surface area (Å²) in [6, 6.07) is 3.88. The van der Waals surface area contributed by atoms with E-state index in [1.807, 2.05) is 23.4 Å². The lowest BCUT2D eigenvalue weighted by Crippen LogP contribution is -2.48. The number of nitrogens with zero attached hydrogens (tertiary/aromatic N) is 10. The van der Waals surface area contributed by atoms with Crippen molar-refractivity contribution in [3.8, 4) is 22.5 Å². The molecule has 0 aromatic carbocycles. The quantitative estimate of drug-likeness (QED) is 0.258. The topological polar surface area (TPSA) is 149 Å². The van der Waals surface area contributed by atoms with Crippen molar-refractivity contribution in [3.05, 3.63) is 55.5 Å². The molecule has 6 heterocycles. The second kappa shape index (κ2) is 11.4. The Labute approximate surface area is 260 Å². The van der Waals surface area contributed by atoms with E-state index in [0.29, 0.717) is 35.9 Å². The van der Waals surface area contributed by atoms with Gasteiger partial charge >= 0.3 is 0 Å². The molecule has 0 spiro atoms. The molecule has 234 valence electrons. The maximum absolute atomic E-state index is 12.9. The van der Waals surface area contributed by atoms with Gasteiger partial charge in [-0.25, -0.2) is 23.4 Å². The van der Waals surface area contributed by atoms with E-state index in [-0.39, 0.29) is 23.7 Å². The van der Waals surface area contributed by atoms with E-state index in [0.717, 1.165) is 52.3 Å². The molecule has 45 heavy (non-hydrogen) atoms. The van der Waals surface area contributed by atoms with Crippen molar-refractivity contribution in [1.29, 1.82) is 0 Å². The van der Waals surface area contributed by atoms with Crippen LogP contribution in [0.5, 0.6) is 0 Å². The van der Waals surface area contributed by atoms with Gasteiger partial charge in [-0.2, -0.15) is 14.3 Å². The van der Waals surface area contributed by atoms with Crippen LogP contribution in [0.3, 0.4) is 0 Å². The molecular weight excluding hydrogens is 594 g/mol. The molecule has 0 atom stereocenters. The maximum atomic E-state index is 12.9. The number of aromatic nitrogens is 8. The smallest absolute Gasteiger partial charge is 0.256 e. The van der Waals surface area contributed by atoms with Crippen LogP contribution < -0.4 is 5.32 Å². The average Bonchev–Trinajstić information content (AvgIpc) is 3.41. The maximum Gasteiger partial charge on any atom is 0.256 e. The van der Waals surface area contributed by atoms with Gasteiger partial charge in [-0.05, 0) is 39.8 Å². The van der Waals surface area contributed by atoms with Gasteiger partial charge in [0.2, 0.25) is 5.91 Å². The van der Waals surface area contributed by atoms with Crippen molar-refractivity contribution in [2.24, 2.45) is 0 Å². The summed E-state index contributed by atoms with van der Waals surface area (Å²) in [6.45, 7) is 7.68. The first-order valence-electron chi connectivity index (χ1n) is 15.0. The highest BCUT2D eigenvalue weighted by Crippen LogP contribution is 2.34. The van der Waals surface area contributed by atoms with E-state index in [9.17, 15) is 13.2 Å². The standard InChI is InChI=1S/C30H35N11O3S/c1-20(2)40-18-25(21-13-33-39(16-21)19-29(42)38-10-8-37(3)9-11-38)24-15-32-28(12-26(24)40)35-27-6-7-31-30(36-27)22-14-34-41(17-22)45(43,44)23-4-5-23/h6-7,12-18,20,23H,4-5,8-11,19H2,1-3H3,(H,31,32,35,36). The minimum absolute atomic E-state index is 0.0738. The van der Waals surface area contributed by atoms with Crippen LogP contribution in [0.4, 0.5) is 11.6 Å². The molecule has 1 amide bonds. The zero-order valence-corrected chi connectivity index (χ0v) is 26.2. The Hall–Kier alpha value is -4.63. The lowest BCUT2D eigenvalue weighted by molar-refractivity contribution is -0.133. The van der Waals surface area contributed by atoms with Crippen molar-refractivity contribution >= 4 is 38.5 Å². The molecule has 2 aliphatic rings. The predicted molar refractivity (Wildman–Crippen MR) is 169 cm³/mol. The van der Waals surface area contributed by atoms with E-state index in [1.165, 1.54) is 12.4 Å². The van der Waals surface area contributed by atoms with E-state index < -0.39 is 10.0 Å². The molecule has 0 bridgehead atoms. The van der Waals surface area contributed by atoms with Crippen LogP contribution in [0.2, 0.25) is 0 Å². The number of carbonyl (C=O) groups excluding carboxylic acids is 1. The molecule has 5 aromatic rings. The Balaban J connectivity index is 1.11. The van der Waals surface area contributed by atoms with Crippen LogP contribution in [0, 0.1) is 0 Å². The molecule has 2 fully saturated rings. The zero-order valence-electron chi connectivity index (χ0n) is 25.4. The first-order valence-corrected chi connectivity index (χ1v) is 16.6. The fourth-order valence-corrected chi connectivity index (χ4v) is 7.01. The van der Waals surface area contributed by atoms with Gasteiger partial charge in [0.25, 0.3) is 10.0 Å². The van der Waals surface area contributed by atoms with Crippen LogP contribution in [0.15, 0.2) is 55.5 Å². The molecule has 1 saturated heterocycles. The molecule has 1 aliphatic heterocycles. The third-order valence-corrected chi connectivity index (χ3v) is 10.3. The molecular formula is C30H35N11O3S. The van der Waals surface area contributed by atoms with Crippen molar-refractivity contribution in [2.45, 2.75) is 44.5 Å². The largest absolute Gasteiger partial charge is 0.344 e. The van der Waals surface area contributed by atoms with Gasteiger partial charge in [0.05, 0.1) is 34.9 Å². The minimum Gasteiger partial charge on any atom is -0.344 e. The fraction of sp³-hybridized carbons (Fsp3) is 0.400. The third-order valence-electron chi connectivity index (χ3n) is 8.31. The highest BCUT2D eigenvalue weighted by molar-refractivity contribution is 7.90. The number of fused-ring (bicyclic) bond motifs is 1. The fourth-order valence-electron chi connectivity index (χ4n) is 5.53. The lowest BCUT2D eigenvalue weighted by atomic mass is 10.1. The van der Waals surface area contributed by atoms with Gasteiger partial charge < -0.3 is 19.7 Å². The first kappa shape index (κ1) is 29.1. The van der Waals surface area contributed by atoms with Gasteiger partial charge in [0, 0.05) is 79.6 Å². The summed E-state index contributed by atoms with van der Waals surface area (Å²) in [4.78, 5) is 30.6. The number of hydrogen-bond donors (Lipinski definition) is 1. The Kier molecular flexibility index (Phi) is 7.36. The highest BCUT2D eigenvalue weighted by atomic mass is 32.2. The summed E-state index contributed by atoms with van der Waals surface area (Å²) >= 11 is 0. The van der Waals surface area contributed by atoms with Crippen LogP contribution in [0.1, 0.15) is 32.7 Å². The van der Waals surface area contributed by atoms with Crippen LogP contribution >= 0.6 is 0 Å². The summed E-state index contributed by atoms with van der Waals surface area (Å²) in [5.41, 5.74) is 3.39. The van der Waals surface area contributed by atoms with Gasteiger partial charge in [0.15, 0.2) is 5.82 Å². The van der Waals surface area contributed by atoms with Crippen molar-refractivity contribution in [2.75, 3.05) is 38.5 Å². The summed E-state index contributed by atoms with van der Waals surface area (Å²) in [7, 11) is -1.40. The molecule has 1 saturated carbocycles. The highest BCUT2D eigenvalue weighted by Gasteiger charge is 2.37. The number of rotatable bonds is 9. The van der Waals surface area contributed by atoms with Crippen LogP contribution in [0.25, 0.3) is 33.4 Å². The minimum atomic E-state index is -3.47. The predicted octanol–water partition coefficient (Wildman–Crippen LogP) is 2.99. The van der Waals surface area contributed by atoms with E-state index in [4.69, 9.17) is 0 Å². The summed E-state index contributed by atoms with van der Waals surface area (Å²) in [6.07, 6.45) is 13.5. The van der Waals surface area contributed by atoms with Gasteiger partial charge in [-0.1, -0.05) is 0 Å². The molecule has 5 aromatic heterocycles. The summed E-state index contributed by atoms with van der Waals surface area (Å²) in [5, 5.41) is 12.4. The number of carbonyl (C=O) groups is 1. The number of nitrogens with one attached hydrogen (secondary N) is 1. The normalized spacial score (nSPS) is 16.1. The van der Waals surface area contributed by atoms with Crippen LogP contribution in [-0.2, 0) is 21.4 Å². The Morgan fingerprint density at radius 1 is 0.978 bits per heavy atom. The van der Waals surface area contributed by atoms with Gasteiger partial charge in [0.1, 0.15) is 18.2 Å². The van der Waals surface area contributed by atoms with E-state index in [1.54, 1.807) is 23.1 Å². The average molecular weight is 630 g/mol. The van der Waals surface area contributed by atoms with Crippen molar-refractivity contribution < 1.29 is 13.2 Å². The molecule has 0 unspecified atom stereocenters. The number of likely N-dealkylation sites (N-methyl/N-ethyl adjacent to an activating group) is 1. The third kappa shape index (κ3) is 5.80. The zero-order chi connectivity index (χ0) is 31.3. The molecule has 14 nitrogen and oxygen atoms in total. The summed E-state index contributed by atoms with van der Waals surface area (Å²) in [5.74, 6) is 1.54. The molecule has 7 rings (SSSR count). The Morgan fingerprint density at radius 3 is 2.51 bits per heavy atom. The SMILES string of the molecule is CC(C)n1cc(-c2cnn(CC(=O)N3CCN(C)CC3)c2)c2cnc(Nc3ccnc(-c4cnn(S(=O)(=O)C5CC5)c4)n3)cc21.